The van der Waals surface area contributed by atoms with E-state index < -0.39 is 11.6 Å². The summed E-state index contributed by atoms with van der Waals surface area (Å²) >= 11 is 5.83. The minimum Gasteiger partial charge on any atom is -0.377 e. The second kappa shape index (κ2) is 5.53. The van der Waals surface area contributed by atoms with Gasteiger partial charge in [0, 0.05) is 5.56 Å². The summed E-state index contributed by atoms with van der Waals surface area (Å²) in [5, 5.41) is 3.49. The molecule has 2 rings (SSSR count). The summed E-state index contributed by atoms with van der Waals surface area (Å²) in [4.78, 5) is 4.00. The van der Waals surface area contributed by atoms with Crippen molar-refractivity contribution in [3.63, 3.8) is 0 Å². The van der Waals surface area contributed by atoms with Crippen LogP contribution in [-0.2, 0) is 0 Å². The number of pyridine rings is 1. The van der Waals surface area contributed by atoms with Crippen LogP contribution in [0.2, 0.25) is 5.15 Å². The molecule has 1 atom stereocenters. The standard InChI is InChI=1S/C14H13ClF2N2/c1-8-6-10(7-18-14(8)15)19-9(2)11-4-3-5-12(16)13(11)17/h3-7,9,19H,1-2H3. The maximum Gasteiger partial charge on any atom is 0.164 e. The van der Waals surface area contributed by atoms with E-state index in [0.717, 1.165) is 11.6 Å². The van der Waals surface area contributed by atoms with Gasteiger partial charge in [-0.05, 0) is 31.5 Å². The third kappa shape index (κ3) is 3.01. The molecule has 19 heavy (non-hydrogen) atoms. The van der Waals surface area contributed by atoms with Crippen LogP contribution < -0.4 is 5.32 Å². The minimum atomic E-state index is -0.850. The van der Waals surface area contributed by atoms with Crippen molar-refractivity contribution >= 4 is 17.3 Å². The van der Waals surface area contributed by atoms with Gasteiger partial charge in [-0.15, -0.1) is 0 Å². The molecule has 0 aliphatic rings. The number of hydrogen-bond donors (Lipinski definition) is 1. The van der Waals surface area contributed by atoms with Gasteiger partial charge in [0.1, 0.15) is 5.15 Å². The summed E-state index contributed by atoms with van der Waals surface area (Å²) in [6.07, 6.45) is 1.56. The van der Waals surface area contributed by atoms with Crippen molar-refractivity contribution < 1.29 is 8.78 Å². The highest BCUT2D eigenvalue weighted by Gasteiger charge is 2.14. The number of aromatic nitrogens is 1. The highest BCUT2D eigenvalue weighted by atomic mass is 35.5. The normalized spacial score (nSPS) is 12.3. The van der Waals surface area contributed by atoms with Crippen molar-refractivity contribution in [2.45, 2.75) is 19.9 Å². The Morgan fingerprint density at radius 2 is 2.05 bits per heavy atom. The van der Waals surface area contributed by atoms with Gasteiger partial charge in [0.2, 0.25) is 0 Å². The smallest absolute Gasteiger partial charge is 0.164 e. The highest BCUT2D eigenvalue weighted by Crippen LogP contribution is 2.24. The first kappa shape index (κ1) is 13.7. The van der Waals surface area contributed by atoms with E-state index in [4.69, 9.17) is 11.6 Å². The first-order chi connectivity index (χ1) is 8.99. The Hall–Kier alpha value is -1.68. The van der Waals surface area contributed by atoms with E-state index >= 15 is 0 Å². The average Bonchev–Trinajstić information content (AvgIpc) is 2.37. The number of hydrogen-bond acceptors (Lipinski definition) is 2. The molecule has 0 bridgehead atoms. The van der Waals surface area contributed by atoms with Crippen LogP contribution in [0.3, 0.4) is 0 Å². The average molecular weight is 283 g/mol. The van der Waals surface area contributed by atoms with Gasteiger partial charge in [0.25, 0.3) is 0 Å². The molecule has 0 saturated heterocycles. The summed E-state index contributed by atoms with van der Waals surface area (Å²) in [5.41, 5.74) is 1.80. The minimum absolute atomic E-state index is 0.271. The Balaban J connectivity index is 2.23. The van der Waals surface area contributed by atoms with E-state index in [9.17, 15) is 8.78 Å². The second-order valence-electron chi connectivity index (χ2n) is 4.34. The van der Waals surface area contributed by atoms with Crippen molar-refractivity contribution in [1.29, 1.82) is 0 Å². The number of anilines is 1. The molecule has 1 heterocycles. The fourth-order valence-corrected chi connectivity index (χ4v) is 1.92. The van der Waals surface area contributed by atoms with Crippen LogP contribution in [0.1, 0.15) is 24.1 Å². The van der Waals surface area contributed by atoms with Crippen LogP contribution in [-0.4, -0.2) is 4.98 Å². The molecule has 5 heteroatoms. The predicted octanol–water partition coefficient (Wildman–Crippen LogP) is 4.49. The molecular weight excluding hydrogens is 270 g/mol. The van der Waals surface area contributed by atoms with Crippen LogP contribution in [0.4, 0.5) is 14.5 Å². The van der Waals surface area contributed by atoms with E-state index in [0.29, 0.717) is 10.8 Å². The molecule has 0 saturated carbocycles. The van der Waals surface area contributed by atoms with Crippen LogP contribution >= 0.6 is 11.6 Å². The molecule has 1 aromatic heterocycles. The lowest BCUT2D eigenvalue weighted by molar-refractivity contribution is 0.494. The second-order valence-corrected chi connectivity index (χ2v) is 4.70. The zero-order valence-electron chi connectivity index (χ0n) is 10.5. The summed E-state index contributed by atoms with van der Waals surface area (Å²) in [6.45, 7) is 3.58. The maximum atomic E-state index is 13.6. The van der Waals surface area contributed by atoms with Crippen molar-refractivity contribution in [3.05, 3.63) is 58.4 Å². The maximum absolute atomic E-state index is 13.6. The van der Waals surface area contributed by atoms with Gasteiger partial charge < -0.3 is 5.32 Å². The molecule has 0 spiro atoms. The third-order valence-corrected chi connectivity index (χ3v) is 3.24. The van der Waals surface area contributed by atoms with E-state index in [1.165, 1.54) is 6.07 Å². The molecule has 1 aromatic carbocycles. The van der Waals surface area contributed by atoms with E-state index in [1.54, 1.807) is 19.2 Å². The van der Waals surface area contributed by atoms with Crippen LogP contribution in [0.25, 0.3) is 0 Å². The molecule has 0 aliphatic heterocycles. The molecule has 0 radical (unpaired) electrons. The van der Waals surface area contributed by atoms with Gasteiger partial charge in [-0.1, -0.05) is 23.7 Å². The number of aryl methyl sites for hydroxylation is 1. The van der Waals surface area contributed by atoms with Gasteiger partial charge >= 0.3 is 0 Å². The molecule has 2 aromatic rings. The van der Waals surface area contributed by atoms with Crippen LogP contribution in [0, 0.1) is 18.6 Å². The van der Waals surface area contributed by atoms with Gasteiger partial charge in [-0.2, -0.15) is 0 Å². The van der Waals surface area contributed by atoms with Gasteiger partial charge in [0.05, 0.1) is 17.9 Å². The quantitative estimate of drug-likeness (QED) is 0.839. The Kier molecular flexibility index (Phi) is 4.00. The van der Waals surface area contributed by atoms with Crippen LogP contribution in [0.15, 0.2) is 30.5 Å². The first-order valence-electron chi connectivity index (χ1n) is 5.81. The van der Waals surface area contributed by atoms with Crippen molar-refractivity contribution in [1.82, 2.24) is 4.98 Å². The molecule has 0 amide bonds. The van der Waals surface area contributed by atoms with E-state index in [-0.39, 0.29) is 11.6 Å². The topological polar surface area (TPSA) is 24.9 Å². The highest BCUT2D eigenvalue weighted by molar-refractivity contribution is 6.30. The predicted molar refractivity (Wildman–Crippen MR) is 72.4 cm³/mol. The monoisotopic (exact) mass is 282 g/mol. The SMILES string of the molecule is Cc1cc(NC(C)c2cccc(F)c2F)cnc1Cl. The number of benzene rings is 1. The molecular formula is C14H13ClF2N2. The summed E-state index contributed by atoms with van der Waals surface area (Å²) < 4.78 is 26.8. The summed E-state index contributed by atoms with van der Waals surface area (Å²) in [5.74, 6) is -1.68. The molecule has 100 valence electrons. The summed E-state index contributed by atoms with van der Waals surface area (Å²) in [7, 11) is 0. The fourth-order valence-electron chi connectivity index (χ4n) is 1.82. The Labute approximate surface area is 115 Å². The lowest BCUT2D eigenvalue weighted by Crippen LogP contribution is -2.10. The first-order valence-corrected chi connectivity index (χ1v) is 6.19. The number of rotatable bonds is 3. The zero-order chi connectivity index (χ0) is 14.0. The lowest BCUT2D eigenvalue weighted by Gasteiger charge is -2.16. The molecule has 1 N–H and O–H groups in total. The Morgan fingerprint density at radius 1 is 1.32 bits per heavy atom. The Morgan fingerprint density at radius 3 is 2.74 bits per heavy atom. The van der Waals surface area contributed by atoms with Crippen molar-refractivity contribution in [2.75, 3.05) is 5.32 Å². The number of nitrogens with one attached hydrogen (secondary N) is 1. The zero-order valence-corrected chi connectivity index (χ0v) is 11.3. The van der Waals surface area contributed by atoms with Crippen molar-refractivity contribution in [3.8, 4) is 0 Å². The molecule has 0 aliphatic carbocycles. The van der Waals surface area contributed by atoms with Crippen LogP contribution in [0.5, 0.6) is 0 Å². The van der Waals surface area contributed by atoms with Gasteiger partial charge in [-0.25, -0.2) is 13.8 Å². The van der Waals surface area contributed by atoms with E-state index in [1.807, 2.05) is 13.0 Å². The number of nitrogens with zero attached hydrogens (tertiary/aromatic N) is 1. The fraction of sp³-hybridized carbons (Fsp3) is 0.214. The summed E-state index contributed by atoms with van der Waals surface area (Å²) in [6, 6.07) is 5.56. The van der Waals surface area contributed by atoms with Gasteiger partial charge in [-0.3, -0.25) is 0 Å². The molecule has 1 unspecified atom stereocenters. The van der Waals surface area contributed by atoms with Crippen molar-refractivity contribution in [2.24, 2.45) is 0 Å². The Bertz CT molecular complexity index is 602. The van der Waals surface area contributed by atoms with Gasteiger partial charge in [0.15, 0.2) is 11.6 Å². The number of halogens is 3. The third-order valence-electron chi connectivity index (χ3n) is 2.85. The molecule has 2 nitrogen and oxygen atoms in total. The lowest BCUT2D eigenvalue weighted by atomic mass is 10.1. The van der Waals surface area contributed by atoms with E-state index in [2.05, 4.69) is 10.3 Å². The largest absolute Gasteiger partial charge is 0.377 e. The molecule has 0 fully saturated rings.